The maximum Gasteiger partial charge on any atom is 0.233 e. The second-order valence-electron chi connectivity index (χ2n) is 7.22. The van der Waals surface area contributed by atoms with E-state index in [1.807, 2.05) is 6.92 Å². The third kappa shape index (κ3) is 4.15. The molecular formula is C18H30N4O2. The van der Waals surface area contributed by atoms with Crippen molar-refractivity contribution in [1.29, 1.82) is 0 Å². The maximum absolute atomic E-state index is 12.4. The maximum atomic E-state index is 12.4. The van der Waals surface area contributed by atoms with Crippen molar-refractivity contribution in [3.05, 3.63) is 11.8 Å². The minimum Gasteiger partial charge on any atom is -0.424 e. The Morgan fingerprint density at radius 3 is 2.54 bits per heavy atom. The van der Waals surface area contributed by atoms with Gasteiger partial charge in [0.1, 0.15) is 0 Å². The van der Waals surface area contributed by atoms with Crippen molar-refractivity contribution in [3.8, 4) is 0 Å². The van der Waals surface area contributed by atoms with E-state index in [-0.39, 0.29) is 17.9 Å². The Morgan fingerprint density at radius 2 is 1.92 bits per heavy atom. The minimum absolute atomic E-state index is 0.146. The van der Waals surface area contributed by atoms with Crippen molar-refractivity contribution < 1.29 is 9.21 Å². The van der Waals surface area contributed by atoms with Crippen LogP contribution in [0.3, 0.4) is 0 Å². The Morgan fingerprint density at radius 1 is 1.21 bits per heavy atom. The van der Waals surface area contributed by atoms with Crippen molar-refractivity contribution in [2.75, 3.05) is 13.1 Å². The monoisotopic (exact) mass is 334 g/mol. The number of piperidine rings is 1. The smallest absolute Gasteiger partial charge is 0.233 e. The fourth-order valence-electron chi connectivity index (χ4n) is 3.85. The summed E-state index contributed by atoms with van der Waals surface area (Å²) in [5.74, 6) is 1.94. The Balaban J connectivity index is 1.45. The van der Waals surface area contributed by atoms with Crippen LogP contribution in [-0.4, -0.2) is 40.1 Å². The van der Waals surface area contributed by atoms with E-state index in [9.17, 15) is 4.79 Å². The summed E-state index contributed by atoms with van der Waals surface area (Å²) in [7, 11) is 0. The zero-order chi connectivity index (χ0) is 16.9. The van der Waals surface area contributed by atoms with Gasteiger partial charge in [0.05, 0.1) is 6.04 Å². The fraction of sp³-hybridized carbons (Fsp3) is 0.833. The second kappa shape index (κ2) is 8.10. The molecule has 1 aliphatic carbocycles. The van der Waals surface area contributed by atoms with Crippen LogP contribution in [0.25, 0.3) is 0 Å². The first-order valence-electron chi connectivity index (χ1n) is 9.54. The number of rotatable bonds is 5. The molecule has 0 unspecified atom stereocenters. The number of aryl methyl sites for hydroxylation is 1. The van der Waals surface area contributed by atoms with Gasteiger partial charge in [0.15, 0.2) is 0 Å². The van der Waals surface area contributed by atoms with Gasteiger partial charge in [-0.2, -0.15) is 0 Å². The van der Waals surface area contributed by atoms with Crippen LogP contribution in [0.4, 0.5) is 0 Å². The summed E-state index contributed by atoms with van der Waals surface area (Å²) in [6.45, 7) is 6.05. The van der Waals surface area contributed by atoms with Gasteiger partial charge in [-0.1, -0.05) is 26.2 Å². The molecule has 1 saturated heterocycles. The number of aromatic nitrogens is 2. The van der Waals surface area contributed by atoms with E-state index in [1.165, 1.54) is 19.3 Å². The number of amides is 1. The van der Waals surface area contributed by atoms with Gasteiger partial charge in [0, 0.05) is 31.5 Å². The summed E-state index contributed by atoms with van der Waals surface area (Å²) >= 11 is 0. The van der Waals surface area contributed by atoms with Crippen LogP contribution in [0, 0.1) is 5.92 Å². The third-order valence-corrected chi connectivity index (χ3v) is 5.54. The summed E-state index contributed by atoms with van der Waals surface area (Å²) in [6, 6.07) is 0.463. The number of nitrogens with one attached hydrogen (secondary N) is 1. The molecule has 1 saturated carbocycles. The first-order valence-corrected chi connectivity index (χ1v) is 9.54. The topological polar surface area (TPSA) is 71.3 Å². The molecule has 1 aliphatic heterocycles. The van der Waals surface area contributed by atoms with Crippen LogP contribution < -0.4 is 5.32 Å². The molecule has 3 rings (SSSR count). The van der Waals surface area contributed by atoms with Crippen LogP contribution in [0.15, 0.2) is 4.42 Å². The average Bonchev–Trinajstić information content (AvgIpc) is 3.11. The van der Waals surface area contributed by atoms with Crippen LogP contribution in [0.2, 0.25) is 0 Å². The van der Waals surface area contributed by atoms with E-state index in [1.54, 1.807) is 0 Å². The van der Waals surface area contributed by atoms with Gasteiger partial charge in [0.2, 0.25) is 17.7 Å². The van der Waals surface area contributed by atoms with E-state index in [0.717, 1.165) is 45.2 Å². The average molecular weight is 334 g/mol. The highest BCUT2D eigenvalue weighted by Gasteiger charge is 2.29. The van der Waals surface area contributed by atoms with E-state index >= 15 is 0 Å². The van der Waals surface area contributed by atoms with E-state index in [2.05, 4.69) is 27.3 Å². The molecule has 0 bridgehead atoms. The molecule has 0 spiro atoms. The van der Waals surface area contributed by atoms with Crippen molar-refractivity contribution in [2.45, 2.75) is 77.3 Å². The van der Waals surface area contributed by atoms with Crippen molar-refractivity contribution in [3.63, 3.8) is 0 Å². The highest BCUT2D eigenvalue weighted by Crippen LogP contribution is 2.26. The Hall–Kier alpha value is -1.43. The number of likely N-dealkylation sites (tertiary alicyclic amines) is 1. The lowest BCUT2D eigenvalue weighted by Gasteiger charge is -2.35. The van der Waals surface area contributed by atoms with E-state index in [4.69, 9.17) is 4.42 Å². The van der Waals surface area contributed by atoms with Crippen LogP contribution in [0.5, 0.6) is 0 Å². The first-order chi connectivity index (χ1) is 11.7. The normalized spacial score (nSPS) is 22.4. The van der Waals surface area contributed by atoms with Crippen LogP contribution >= 0.6 is 0 Å². The second-order valence-corrected chi connectivity index (χ2v) is 7.22. The lowest BCUT2D eigenvalue weighted by Crippen LogP contribution is -2.47. The van der Waals surface area contributed by atoms with E-state index in [0.29, 0.717) is 17.8 Å². The molecule has 1 aromatic heterocycles. The molecule has 2 heterocycles. The van der Waals surface area contributed by atoms with Crippen molar-refractivity contribution >= 4 is 5.91 Å². The quantitative estimate of drug-likeness (QED) is 0.896. The fourth-order valence-corrected chi connectivity index (χ4v) is 3.85. The summed E-state index contributed by atoms with van der Waals surface area (Å²) in [5, 5.41) is 11.5. The van der Waals surface area contributed by atoms with E-state index < -0.39 is 0 Å². The molecule has 6 nitrogen and oxygen atoms in total. The lowest BCUT2D eigenvalue weighted by molar-refractivity contribution is -0.127. The highest BCUT2D eigenvalue weighted by atomic mass is 16.4. The summed E-state index contributed by atoms with van der Waals surface area (Å²) < 4.78 is 5.68. The number of hydrogen-bond donors (Lipinski definition) is 1. The molecule has 0 radical (unpaired) electrons. The van der Waals surface area contributed by atoms with Gasteiger partial charge in [-0.25, -0.2) is 0 Å². The molecular weight excluding hydrogens is 304 g/mol. The number of carbonyl (C=O) groups is 1. The van der Waals surface area contributed by atoms with Crippen LogP contribution in [0.1, 0.15) is 76.6 Å². The molecule has 0 aromatic carbocycles. The third-order valence-electron chi connectivity index (χ3n) is 5.54. The Bertz CT molecular complexity index is 531. The van der Waals surface area contributed by atoms with Crippen LogP contribution in [-0.2, 0) is 11.2 Å². The predicted molar refractivity (Wildman–Crippen MR) is 91.4 cm³/mol. The molecule has 2 fully saturated rings. The predicted octanol–water partition coefficient (Wildman–Crippen LogP) is 2.85. The molecule has 134 valence electrons. The van der Waals surface area contributed by atoms with Gasteiger partial charge < -0.3 is 9.73 Å². The standard InChI is InChI=1S/C18H30N4O2/c1-3-16-20-21-18(24-16)13(2)22-11-9-15(10-12-22)19-17(23)14-7-5-4-6-8-14/h13-15H,3-12H2,1-2H3,(H,19,23)/t13-/m0/s1. The zero-order valence-corrected chi connectivity index (χ0v) is 15.0. The van der Waals surface area contributed by atoms with Gasteiger partial charge in [-0.3, -0.25) is 9.69 Å². The molecule has 6 heteroatoms. The lowest BCUT2D eigenvalue weighted by atomic mass is 9.88. The van der Waals surface area contributed by atoms with Gasteiger partial charge >= 0.3 is 0 Å². The molecule has 2 aliphatic rings. The highest BCUT2D eigenvalue weighted by molar-refractivity contribution is 5.79. The van der Waals surface area contributed by atoms with Crippen molar-refractivity contribution in [1.82, 2.24) is 20.4 Å². The van der Waals surface area contributed by atoms with Gasteiger partial charge in [-0.05, 0) is 32.6 Å². The molecule has 24 heavy (non-hydrogen) atoms. The first kappa shape index (κ1) is 17.4. The summed E-state index contributed by atoms with van der Waals surface area (Å²) in [4.78, 5) is 14.8. The summed E-state index contributed by atoms with van der Waals surface area (Å²) in [5.41, 5.74) is 0. The molecule has 1 aromatic rings. The SMILES string of the molecule is CCc1nnc([C@H](C)N2CCC(NC(=O)C3CCCCC3)CC2)o1. The number of nitrogens with zero attached hydrogens (tertiary/aromatic N) is 3. The number of carbonyl (C=O) groups excluding carboxylic acids is 1. The Labute approximate surface area is 144 Å². The Kier molecular flexibility index (Phi) is 5.87. The largest absolute Gasteiger partial charge is 0.424 e. The summed E-state index contributed by atoms with van der Waals surface area (Å²) in [6.07, 6.45) is 8.60. The van der Waals surface area contributed by atoms with Crippen molar-refractivity contribution in [2.24, 2.45) is 5.92 Å². The van der Waals surface area contributed by atoms with Gasteiger partial charge in [0.25, 0.3) is 0 Å². The molecule has 1 N–H and O–H groups in total. The number of hydrogen-bond acceptors (Lipinski definition) is 5. The molecule has 1 atom stereocenters. The zero-order valence-electron chi connectivity index (χ0n) is 15.0. The van der Waals surface area contributed by atoms with Gasteiger partial charge in [-0.15, -0.1) is 10.2 Å². The minimum atomic E-state index is 0.146. The molecule has 1 amide bonds.